The number of fused-ring (bicyclic) bond motifs is 1. The van der Waals surface area contributed by atoms with Gasteiger partial charge in [0, 0.05) is 82.4 Å². The van der Waals surface area contributed by atoms with E-state index in [2.05, 4.69) is 50.2 Å². The fraction of sp³-hybridized carbons (Fsp3) is 0.366. The number of aromatic amines is 1. The molecular formula is C41H46Cl3N7O. The lowest BCUT2D eigenvalue weighted by Crippen LogP contribution is -2.55. The Hall–Kier alpha value is -3.95. The second kappa shape index (κ2) is 15.6. The topological polar surface area (TPSA) is 81.2 Å². The number of likely N-dealkylation sites (tertiary alicyclic amines) is 1. The smallest absolute Gasteiger partial charge is 0.317 e. The molecule has 52 heavy (non-hydrogen) atoms. The van der Waals surface area contributed by atoms with Crippen molar-refractivity contribution in [2.45, 2.75) is 69.6 Å². The molecule has 0 bridgehead atoms. The number of amides is 2. The molecule has 1 aliphatic carbocycles. The Balaban J connectivity index is 1.26. The van der Waals surface area contributed by atoms with Gasteiger partial charge in [-0.3, -0.25) is 4.90 Å². The minimum Gasteiger partial charge on any atom is -0.380 e. The summed E-state index contributed by atoms with van der Waals surface area (Å²) in [6.07, 6.45) is 8.34. The van der Waals surface area contributed by atoms with Gasteiger partial charge >= 0.3 is 6.03 Å². The molecule has 1 saturated heterocycles. The number of hydrogen-bond donors (Lipinski definition) is 3. The molecule has 0 spiro atoms. The number of nitrogens with one attached hydrogen (secondary N) is 3. The summed E-state index contributed by atoms with van der Waals surface area (Å²) in [6, 6.07) is 22.5. The van der Waals surface area contributed by atoms with Crippen molar-refractivity contribution >= 4 is 57.4 Å². The second-order valence-electron chi connectivity index (χ2n) is 14.4. The van der Waals surface area contributed by atoms with Crippen LogP contribution in [0.3, 0.4) is 0 Å². The van der Waals surface area contributed by atoms with Crippen LogP contribution < -0.4 is 10.6 Å². The lowest BCUT2D eigenvalue weighted by Gasteiger charge is -2.44. The summed E-state index contributed by atoms with van der Waals surface area (Å²) in [6.45, 7) is 8.74. The molecule has 1 aliphatic heterocycles. The minimum absolute atomic E-state index is 0.0233. The summed E-state index contributed by atoms with van der Waals surface area (Å²) in [5, 5.41) is 9.99. The third kappa shape index (κ3) is 7.44. The highest BCUT2D eigenvalue weighted by atomic mass is 35.5. The van der Waals surface area contributed by atoms with Crippen LogP contribution in [-0.2, 0) is 0 Å². The van der Waals surface area contributed by atoms with Crippen LogP contribution in [0.4, 0.5) is 4.79 Å². The summed E-state index contributed by atoms with van der Waals surface area (Å²) >= 11 is 19.7. The average molecular weight is 759 g/mol. The molecule has 2 fully saturated rings. The lowest BCUT2D eigenvalue weighted by atomic mass is 9.87. The van der Waals surface area contributed by atoms with E-state index in [9.17, 15) is 4.79 Å². The average Bonchev–Trinajstić information content (AvgIpc) is 3.74. The second-order valence-corrected chi connectivity index (χ2v) is 15.6. The Kier molecular flexibility index (Phi) is 10.9. The van der Waals surface area contributed by atoms with Gasteiger partial charge in [0.1, 0.15) is 0 Å². The predicted molar refractivity (Wildman–Crippen MR) is 215 cm³/mol. The molecule has 2 aromatic heterocycles. The number of urea groups is 1. The van der Waals surface area contributed by atoms with Crippen LogP contribution >= 0.6 is 34.8 Å². The molecule has 0 radical (unpaired) electrons. The van der Waals surface area contributed by atoms with E-state index in [1.54, 1.807) is 25.1 Å². The van der Waals surface area contributed by atoms with E-state index in [4.69, 9.17) is 46.4 Å². The summed E-state index contributed by atoms with van der Waals surface area (Å²) in [5.41, 5.74) is 7.43. The highest BCUT2D eigenvalue weighted by molar-refractivity contribution is 6.35. The number of carbonyl (C=O) groups excluding carboxylic acids is 1. The van der Waals surface area contributed by atoms with Gasteiger partial charge in [-0.2, -0.15) is 0 Å². The van der Waals surface area contributed by atoms with E-state index in [-0.39, 0.29) is 24.2 Å². The van der Waals surface area contributed by atoms with E-state index in [0.717, 1.165) is 95.6 Å². The van der Waals surface area contributed by atoms with Crippen molar-refractivity contribution in [2.75, 3.05) is 27.2 Å². The van der Waals surface area contributed by atoms with Gasteiger partial charge in [-0.05, 0) is 62.4 Å². The summed E-state index contributed by atoms with van der Waals surface area (Å²) in [7, 11) is 3.57. The first-order chi connectivity index (χ1) is 25.1. The van der Waals surface area contributed by atoms with Gasteiger partial charge in [0.15, 0.2) is 0 Å². The largest absolute Gasteiger partial charge is 0.380 e. The summed E-state index contributed by atoms with van der Waals surface area (Å²) in [5.74, 6) is 0. The molecule has 272 valence electrons. The minimum atomic E-state index is -0.163. The zero-order chi connectivity index (χ0) is 36.5. The molecular weight excluding hydrogens is 713 g/mol. The maximum atomic E-state index is 12.3. The standard InChI is InChI=1S/C41H46Cl3N7O/c1-25(46-34-12-8-9-13-36(34)50-20-18-30(19-21-50)47-41(52)49(3)4)38-37(32-17-15-29(43)23-35(32)48-38)40-39(27-10-6-5-7-11-27)45-24-51(40)26(2)31-16-14-28(42)22-33(31)44/h5-7,10-11,14-17,22-24,26,30,34,36,46,48H,1,8-9,12-13,18-21H2,2-4H3,(H,47,52)/t26?,34-,36-/m0/s1. The third-order valence-electron chi connectivity index (χ3n) is 10.8. The molecule has 11 heteroatoms. The first kappa shape index (κ1) is 36.4. The zero-order valence-corrected chi connectivity index (χ0v) is 32.2. The lowest BCUT2D eigenvalue weighted by molar-refractivity contribution is 0.0955. The van der Waals surface area contributed by atoms with Gasteiger partial charge in [0.2, 0.25) is 0 Å². The number of halogens is 3. The van der Waals surface area contributed by atoms with E-state index >= 15 is 0 Å². The number of hydrogen-bond acceptors (Lipinski definition) is 4. The molecule has 1 unspecified atom stereocenters. The maximum absolute atomic E-state index is 12.3. The van der Waals surface area contributed by atoms with Gasteiger partial charge < -0.3 is 25.1 Å². The number of aromatic nitrogens is 3. The number of benzene rings is 3. The van der Waals surface area contributed by atoms with E-state index in [1.807, 2.05) is 48.8 Å². The molecule has 3 aromatic carbocycles. The number of carbonyl (C=O) groups is 1. The van der Waals surface area contributed by atoms with Crippen LogP contribution in [0.5, 0.6) is 0 Å². The van der Waals surface area contributed by atoms with Gasteiger partial charge in [-0.25, -0.2) is 9.78 Å². The summed E-state index contributed by atoms with van der Waals surface area (Å²) in [4.78, 5) is 25.3. The molecule has 3 atom stereocenters. The highest BCUT2D eigenvalue weighted by Gasteiger charge is 2.34. The van der Waals surface area contributed by atoms with Gasteiger partial charge in [0.25, 0.3) is 0 Å². The van der Waals surface area contributed by atoms with Crippen LogP contribution in [0, 0.1) is 0 Å². The quantitative estimate of drug-likeness (QED) is 0.140. The first-order valence-electron chi connectivity index (χ1n) is 18.2. The normalized spacial score (nSPS) is 19.0. The molecule has 3 heterocycles. The van der Waals surface area contributed by atoms with Gasteiger partial charge in [-0.1, -0.05) is 96.7 Å². The van der Waals surface area contributed by atoms with Crippen LogP contribution in [0.1, 0.15) is 62.7 Å². The Morgan fingerprint density at radius 3 is 2.38 bits per heavy atom. The molecule has 2 aliphatic rings. The fourth-order valence-electron chi connectivity index (χ4n) is 8.03. The van der Waals surface area contributed by atoms with Crippen LogP contribution in [0.25, 0.3) is 39.1 Å². The molecule has 5 aromatic rings. The van der Waals surface area contributed by atoms with Crippen LogP contribution in [-0.4, -0.2) is 75.7 Å². The number of nitrogens with zero attached hydrogens (tertiary/aromatic N) is 4. The predicted octanol–water partition coefficient (Wildman–Crippen LogP) is 9.87. The van der Waals surface area contributed by atoms with Crippen molar-refractivity contribution in [3.8, 4) is 22.5 Å². The Bertz CT molecular complexity index is 2070. The zero-order valence-electron chi connectivity index (χ0n) is 29.9. The maximum Gasteiger partial charge on any atom is 0.317 e. The first-order valence-corrected chi connectivity index (χ1v) is 19.3. The third-order valence-corrected chi connectivity index (χ3v) is 11.6. The van der Waals surface area contributed by atoms with E-state index in [1.165, 1.54) is 6.42 Å². The molecule has 8 nitrogen and oxygen atoms in total. The van der Waals surface area contributed by atoms with Crippen molar-refractivity contribution in [1.82, 2.24) is 35.0 Å². The molecule has 7 rings (SSSR count). The molecule has 3 N–H and O–H groups in total. The monoisotopic (exact) mass is 757 g/mol. The van der Waals surface area contributed by atoms with Crippen molar-refractivity contribution in [3.63, 3.8) is 0 Å². The number of piperidine rings is 1. The molecule has 2 amide bonds. The van der Waals surface area contributed by atoms with Gasteiger partial charge in [0.05, 0.1) is 35.1 Å². The van der Waals surface area contributed by atoms with Crippen molar-refractivity contribution in [2.24, 2.45) is 0 Å². The van der Waals surface area contributed by atoms with Crippen molar-refractivity contribution in [1.29, 1.82) is 0 Å². The van der Waals surface area contributed by atoms with Crippen molar-refractivity contribution in [3.05, 3.63) is 106 Å². The van der Waals surface area contributed by atoms with E-state index < -0.39 is 0 Å². The Morgan fingerprint density at radius 1 is 0.942 bits per heavy atom. The SMILES string of the molecule is C=C(N[C@H]1CCCC[C@@H]1N1CCC(NC(=O)N(C)C)CC1)c1[nH]c2cc(Cl)ccc2c1-c1c(-c2ccccc2)ncn1C(C)c1ccc(Cl)cc1Cl. The number of rotatable bonds is 9. The Morgan fingerprint density at radius 2 is 1.65 bits per heavy atom. The summed E-state index contributed by atoms with van der Waals surface area (Å²) < 4.78 is 2.20. The van der Waals surface area contributed by atoms with Crippen LogP contribution in [0.15, 0.2) is 79.6 Å². The number of imidazole rings is 1. The highest BCUT2D eigenvalue weighted by Crippen LogP contribution is 2.43. The van der Waals surface area contributed by atoms with Crippen LogP contribution in [0.2, 0.25) is 15.1 Å². The Labute approximate surface area is 321 Å². The fourth-order valence-corrected chi connectivity index (χ4v) is 8.77. The van der Waals surface area contributed by atoms with Crippen molar-refractivity contribution < 1.29 is 4.79 Å². The van der Waals surface area contributed by atoms with E-state index in [0.29, 0.717) is 21.1 Å². The number of H-pyrrole nitrogens is 1. The van der Waals surface area contributed by atoms with Gasteiger partial charge in [-0.15, -0.1) is 0 Å². The molecule has 1 saturated carbocycles.